The van der Waals surface area contributed by atoms with E-state index in [9.17, 15) is 0 Å². The second-order valence-corrected chi connectivity index (χ2v) is 4.16. The lowest BCUT2D eigenvalue weighted by Crippen LogP contribution is -1.99. The van der Waals surface area contributed by atoms with Crippen molar-refractivity contribution in [3.05, 3.63) is 53.9 Å². The zero-order valence-electron chi connectivity index (χ0n) is 9.76. The minimum absolute atomic E-state index is 1.03. The van der Waals surface area contributed by atoms with Crippen molar-refractivity contribution < 1.29 is 0 Å². The Hall–Kier alpha value is -1.57. The van der Waals surface area contributed by atoms with Gasteiger partial charge < -0.3 is 0 Å². The van der Waals surface area contributed by atoms with Crippen molar-refractivity contribution in [2.75, 3.05) is 0 Å². The van der Waals surface area contributed by atoms with Crippen LogP contribution in [-0.4, -0.2) is 9.78 Å². The fourth-order valence-corrected chi connectivity index (χ4v) is 1.84. The second-order valence-electron chi connectivity index (χ2n) is 4.16. The van der Waals surface area contributed by atoms with Gasteiger partial charge in [-0.15, -0.1) is 0 Å². The SMILES string of the molecule is Cc1ccn(CCCCc2ccccc2)n1. The lowest BCUT2D eigenvalue weighted by molar-refractivity contribution is 0.554. The van der Waals surface area contributed by atoms with E-state index < -0.39 is 0 Å². The molecule has 0 spiro atoms. The maximum Gasteiger partial charge on any atom is 0.0593 e. The third-order valence-corrected chi connectivity index (χ3v) is 2.72. The summed E-state index contributed by atoms with van der Waals surface area (Å²) in [4.78, 5) is 0. The maximum absolute atomic E-state index is 4.37. The molecule has 1 aromatic heterocycles. The highest BCUT2D eigenvalue weighted by Crippen LogP contribution is 2.05. The lowest BCUT2D eigenvalue weighted by atomic mass is 10.1. The van der Waals surface area contributed by atoms with Gasteiger partial charge in [-0.3, -0.25) is 4.68 Å². The van der Waals surface area contributed by atoms with Crippen molar-refractivity contribution in [1.29, 1.82) is 0 Å². The van der Waals surface area contributed by atoms with Gasteiger partial charge in [0, 0.05) is 12.7 Å². The molecule has 0 saturated heterocycles. The molecule has 0 amide bonds. The maximum atomic E-state index is 4.37. The first-order valence-corrected chi connectivity index (χ1v) is 5.88. The largest absolute Gasteiger partial charge is 0.273 e. The number of hydrogen-bond donors (Lipinski definition) is 0. The fourth-order valence-electron chi connectivity index (χ4n) is 1.84. The van der Waals surface area contributed by atoms with Crippen LogP contribution in [0.1, 0.15) is 24.1 Å². The number of unbranched alkanes of at least 4 members (excludes halogenated alkanes) is 1. The predicted octanol–water partition coefficient (Wildman–Crippen LogP) is 3.21. The van der Waals surface area contributed by atoms with E-state index in [1.165, 1.54) is 24.8 Å². The highest BCUT2D eigenvalue weighted by atomic mass is 15.3. The molecular formula is C14H18N2. The molecular weight excluding hydrogens is 196 g/mol. The van der Waals surface area contributed by atoms with E-state index in [1.54, 1.807) is 0 Å². The number of rotatable bonds is 5. The average molecular weight is 214 g/mol. The summed E-state index contributed by atoms with van der Waals surface area (Å²) in [5, 5.41) is 4.37. The van der Waals surface area contributed by atoms with E-state index in [-0.39, 0.29) is 0 Å². The van der Waals surface area contributed by atoms with Gasteiger partial charge in [-0.25, -0.2) is 0 Å². The summed E-state index contributed by atoms with van der Waals surface area (Å²) in [7, 11) is 0. The predicted molar refractivity (Wildman–Crippen MR) is 66.3 cm³/mol. The van der Waals surface area contributed by atoms with Gasteiger partial charge >= 0.3 is 0 Å². The van der Waals surface area contributed by atoms with Gasteiger partial charge in [0.2, 0.25) is 0 Å². The van der Waals surface area contributed by atoms with Gasteiger partial charge in [0.15, 0.2) is 0 Å². The molecule has 0 aliphatic heterocycles. The normalized spacial score (nSPS) is 10.6. The van der Waals surface area contributed by atoms with Crippen molar-refractivity contribution in [3.63, 3.8) is 0 Å². The minimum atomic E-state index is 1.03. The summed E-state index contributed by atoms with van der Waals surface area (Å²) < 4.78 is 2.03. The molecule has 2 aromatic rings. The average Bonchev–Trinajstić information content (AvgIpc) is 2.72. The number of benzene rings is 1. The third kappa shape index (κ3) is 3.23. The fraction of sp³-hybridized carbons (Fsp3) is 0.357. The van der Waals surface area contributed by atoms with Gasteiger partial charge in [-0.1, -0.05) is 30.3 Å². The van der Waals surface area contributed by atoms with Gasteiger partial charge in [0.05, 0.1) is 5.69 Å². The molecule has 0 aliphatic carbocycles. The molecule has 1 aromatic carbocycles. The van der Waals surface area contributed by atoms with Crippen molar-refractivity contribution in [1.82, 2.24) is 9.78 Å². The first-order valence-electron chi connectivity index (χ1n) is 5.88. The Labute approximate surface area is 96.9 Å². The smallest absolute Gasteiger partial charge is 0.0593 e. The number of aryl methyl sites for hydroxylation is 3. The van der Waals surface area contributed by atoms with Crippen LogP contribution in [-0.2, 0) is 13.0 Å². The molecule has 0 radical (unpaired) electrons. The Kier molecular flexibility index (Phi) is 3.76. The lowest BCUT2D eigenvalue weighted by Gasteiger charge is -2.02. The van der Waals surface area contributed by atoms with Gasteiger partial charge in [-0.2, -0.15) is 5.10 Å². The second kappa shape index (κ2) is 5.50. The van der Waals surface area contributed by atoms with E-state index in [0.29, 0.717) is 0 Å². The van der Waals surface area contributed by atoms with E-state index in [4.69, 9.17) is 0 Å². The molecule has 0 fully saturated rings. The zero-order chi connectivity index (χ0) is 11.2. The van der Waals surface area contributed by atoms with Crippen molar-refractivity contribution in [2.24, 2.45) is 0 Å². The highest BCUT2D eigenvalue weighted by Gasteiger charge is 1.95. The standard InChI is InChI=1S/C14H18N2/c1-13-10-12-16(15-13)11-6-5-9-14-7-3-2-4-8-14/h2-4,7-8,10,12H,5-6,9,11H2,1H3. The van der Waals surface area contributed by atoms with E-state index in [2.05, 4.69) is 47.7 Å². The Morgan fingerprint density at radius 2 is 1.88 bits per heavy atom. The Balaban J connectivity index is 1.69. The van der Waals surface area contributed by atoms with Crippen LogP contribution in [0.5, 0.6) is 0 Å². The van der Waals surface area contributed by atoms with Crippen LogP contribution in [0.3, 0.4) is 0 Å². The molecule has 0 N–H and O–H groups in total. The van der Waals surface area contributed by atoms with E-state index in [0.717, 1.165) is 12.2 Å². The molecule has 84 valence electrons. The molecule has 0 bridgehead atoms. The molecule has 0 unspecified atom stereocenters. The van der Waals surface area contributed by atoms with Crippen LogP contribution in [0, 0.1) is 6.92 Å². The third-order valence-electron chi connectivity index (χ3n) is 2.72. The topological polar surface area (TPSA) is 17.8 Å². The van der Waals surface area contributed by atoms with Crippen molar-refractivity contribution in [2.45, 2.75) is 32.7 Å². The summed E-state index contributed by atoms with van der Waals surface area (Å²) in [6.45, 7) is 3.06. The first-order chi connectivity index (χ1) is 7.84. The van der Waals surface area contributed by atoms with Gasteiger partial charge in [0.1, 0.15) is 0 Å². The van der Waals surface area contributed by atoms with E-state index >= 15 is 0 Å². The number of nitrogens with zero attached hydrogens (tertiary/aromatic N) is 2. The van der Waals surface area contributed by atoms with Crippen molar-refractivity contribution in [3.8, 4) is 0 Å². The van der Waals surface area contributed by atoms with Crippen molar-refractivity contribution >= 4 is 0 Å². The quantitative estimate of drug-likeness (QED) is 0.699. The van der Waals surface area contributed by atoms with Crippen LogP contribution >= 0.6 is 0 Å². The summed E-state index contributed by atoms with van der Waals surface area (Å²) >= 11 is 0. The zero-order valence-corrected chi connectivity index (χ0v) is 9.76. The van der Waals surface area contributed by atoms with E-state index in [1.807, 2.05) is 11.6 Å². The summed E-state index contributed by atoms with van der Waals surface area (Å²) in [6, 6.07) is 12.7. The Morgan fingerprint density at radius 3 is 2.56 bits per heavy atom. The molecule has 2 rings (SSSR count). The van der Waals surface area contributed by atoms with Crippen LogP contribution in [0.15, 0.2) is 42.6 Å². The molecule has 2 nitrogen and oxygen atoms in total. The molecule has 0 aliphatic rings. The first kappa shape index (κ1) is 10.9. The summed E-state index contributed by atoms with van der Waals surface area (Å²) in [5.41, 5.74) is 2.53. The Bertz CT molecular complexity index is 417. The number of hydrogen-bond acceptors (Lipinski definition) is 1. The van der Waals surface area contributed by atoms with Gasteiger partial charge in [-0.05, 0) is 37.8 Å². The van der Waals surface area contributed by atoms with Gasteiger partial charge in [0.25, 0.3) is 0 Å². The Morgan fingerprint density at radius 1 is 1.06 bits per heavy atom. The minimum Gasteiger partial charge on any atom is -0.273 e. The monoisotopic (exact) mass is 214 g/mol. The summed E-state index contributed by atoms with van der Waals surface area (Å²) in [6.07, 6.45) is 5.64. The van der Waals surface area contributed by atoms with Crippen LogP contribution in [0.25, 0.3) is 0 Å². The number of aromatic nitrogens is 2. The molecule has 0 saturated carbocycles. The van der Waals surface area contributed by atoms with Crippen LogP contribution in [0.2, 0.25) is 0 Å². The molecule has 16 heavy (non-hydrogen) atoms. The highest BCUT2D eigenvalue weighted by molar-refractivity contribution is 5.14. The molecule has 1 heterocycles. The molecule has 0 atom stereocenters. The van der Waals surface area contributed by atoms with Crippen LogP contribution < -0.4 is 0 Å². The molecule has 2 heteroatoms. The van der Waals surface area contributed by atoms with Crippen LogP contribution in [0.4, 0.5) is 0 Å². The summed E-state index contributed by atoms with van der Waals surface area (Å²) in [5.74, 6) is 0.